The van der Waals surface area contributed by atoms with E-state index in [9.17, 15) is 9.59 Å². The molecule has 0 spiro atoms. The fraction of sp³-hybridized carbons (Fsp3) is 0.500. The molecule has 2 rings (SSSR count). The average Bonchev–Trinajstić information content (AvgIpc) is 2.70. The summed E-state index contributed by atoms with van der Waals surface area (Å²) in [6, 6.07) is 1.70. The zero-order valence-electron chi connectivity index (χ0n) is 9.90. The van der Waals surface area contributed by atoms with Crippen molar-refractivity contribution in [2.24, 2.45) is 5.92 Å². The number of carbonyl (C=O) groups is 2. The molecule has 1 aliphatic heterocycles. The normalized spacial score (nSPS) is 14.9. The molecule has 4 nitrogen and oxygen atoms in total. The number of amides is 1. The zero-order chi connectivity index (χ0) is 12.6. The smallest absolute Gasteiger partial charge is 0.345 e. The predicted octanol–water partition coefficient (Wildman–Crippen LogP) is 1.99. The van der Waals surface area contributed by atoms with E-state index in [0.29, 0.717) is 18.0 Å². The third kappa shape index (κ3) is 2.34. The molecule has 0 unspecified atom stereocenters. The van der Waals surface area contributed by atoms with Crippen LogP contribution in [0.5, 0.6) is 0 Å². The Kier molecular flexibility index (Phi) is 3.19. The monoisotopic (exact) mass is 253 g/mol. The Balaban J connectivity index is 2.19. The van der Waals surface area contributed by atoms with Gasteiger partial charge >= 0.3 is 5.97 Å². The number of hydrogen-bond donors (Lipinski definition) is 1. The van der Waals surface area contributed by atoms with Crippen molar-refractivity contribution >= 4 is 23.2 Å². The Morgan fingerprint density at radius 1 is 1.47 bits per heavy atom. The van der Waals surface area contributed by atoms with Crippen LogP contribution in [0, 0.1) is 5.92 Å². The minimum absolute atomic E-state index is 0.00544. The van der Waals surface area contributed by atoms with Crippen molar-refractivity contribution in [3.05, 3.63) is 21.4 Å². The van der Waals surface area contributed by atoms with E-state index in [0.717, 1.165) is 16.9 Å². The Morgan fingerprint density at radius 3 is 2.76 bits per heavy atom. The maximum Gasteiger partial charge on any atom is 0.345 e. The predicted molar refractivity (Wildman–Crippen MR) is 65.2 cm³/mol. The average molecular weight is 253 g/mol. The van der Waals surface area contributed by atoms with Crippen LogP contribution in [-0.2, 0) is 17.8 Å². The molecule has 0 saturated heterocycles. The number of rotatable bonds is 2. The summed E-state index contributed by atoms with van der Waals surface area (Å²) in [4.78, 5) is 26.0. The molecule has 0 atom stereocenters. The van der Waals surface area contributed by atoms with Gasteiger partial charge in [0.05, 0.1) is 0 Å². The lowest BCUT2D eigenvalue weighted by Crippen LogP contribution is -2.37. The number of aromatic carboxylic acids is 1. The van der Waals surface area contributed by atoms with Crippen molar-refractivity contribution in [3.63, 3.8) is 0 Å². The molecule has 1 N–H and O–H groups in total. The van der Waals surface area contributed by atoms with E-state index in [1.54, 1.807) is 6.07 Å². The van der Waals surface area contributed by atoms with Crippen molar-refractivity contribution in [1.29, 1.82) is 0 Å². The van der Waals surface area contributed by atoms with Crippen LogP contribution in [0.1, 0.15) is 34.0 Å². The van der Waals surface area contributed by atoms with E-state index in [1.165, 1.54) is 11.3 Å². The maximum absolute atomic E-state index is 11.9. The first-order chi connectivity index (χ1) is 7.99. The fourth-order valence-electron chi connectivity index (χ4n) is 1.99. The van der Waals surface area contributed by atoms with Gasteiger partial charge in [-0.1, -0.05) is 13.8 Å². The Morgan fingerprint density at radius 2 is 2.18 bits per heavy atom. The summed E-state index contributed by atoms with van der Waals surface area (Å²) in [6.07, 6.45) is 0.770. The van der Waals surface area contributed by atoms with E-state index < -0.39 is 5.97 Å². The van der Waals surface area contributed by atoms with Gasteiger partial charge in [-0.2, -0.15) is 0 Å². The molecule has 5 heteroatoms. The van der Waals surface area contributed by atoms with Crippen molar-refractivity contribution in [2.75, 3.05) is 6.54 Å². The molecule has 0 aliphatic carbocycles. The minimum atomic E-state index is -0.883. The number of fused-ring (bicyclic) bond motifs is 1. The van der Waals surface area contributed by atoms with Gasteiger partial charge in [-0.25, -0.2) is 4.79 Å². The second-order valence-electron chi connectivity index (χ2n) is 4.53. The Bertz CT molecular complexity index is 464. The van der Waals surface area contributed by atoms with Crippen molar-refractivity contribution in [3.8, 4) is 0 Å². The summed E-state index contributed by atoms with van der Waals surface area (Å²) in [5.74, 6) is -0.751. The molecule has 0 bridgehead atoms. The van der Waals surface area contributed by atoms with E-state index in [-0.39, 0.29) is 11.8 Å². The van der Waals surface area contributed by atoms with Crippen LogP contribution in [0.25, 0.3) is 0 Å². The maximum atomic E-state index is 11.9. The summed E-state index contributed by atoms with van der Waals surface area (Å²) in [5.41, 5.74) is 0.993. The molecule has 1 aromatic rings. The molecule has 1 aromatic heterocycles. The highest BCUT2D eigenvalue weighted by atomic mass is 32.1. The SMILES string of the molecule is CC(C)C(=O)N1CCc2sc(C(=O)O)cc2C1. The molecule has 1 amide bonds. The number of thiophene rings is 1. The van der Waals surface area contributed by atoms with E-state index >= 15 is 0 Å². The van der Waals surface area contributed by atoms with Gasteiger partial charge in [-0.3, -0.25) is 4.79 Å². The Hall–Kier alpha value is -1.36. The van der Waals surface area contributed by atoms with Crippen LogP contribution < -0.4 is 0 Å². The molecule has 1 aliphatic rings. The molecule has 0 fully saturated rings. The van der Waals surface area contributed by atoms with Crippen molar-refractivity contribution in [1.82, 2.24) is 4.90 Å². The molecule has 92 valence electrons. The lowest BCUT2D eigenvalue weighted by Gasteiger charge is -2.28. The topological polar surface area (TPSA) is 57.6 Å². The summed E-state index contributed by atoms with van der Waals surface area (Å²) in [5, 5.41) is 8.93. The van der Waals surface area contributed by atoms with E-state index in [4.69, 9.17) is 5.11 Å². The minimum Gasteiger partial charge on any atom is -0.477 e. The first kappa shape index (κ1) is 12.1. The molecular weight excluding hydrogens is 238 g/mol. The van der Waals surface area contributed by atoms with Crippen LogP contribution in [0.2, 0.25) is 0 Å². The van der Waals surface area contributed by atoms with Gasteiger partial charge < -0.3 is 10.0 Å². The van der Waals surface area contributed by atoms with Crippen LogP contribution in [0.4, 0.5) is 0 Å². The van der Waals surface area contributed by atoms with Gasteiger partial charge in [0.2, 0.25) is 5.91 Å². The molecular formula is C12H15NO3S. The van der Waals surface area contributed by atoms with Crippen LogP contribution in [-0.4, -0.2) is 28.4 Å². The summed E-state index contributed by atoms with van der Waals surface area (Å²) >= 11 is 1.33. The van der Waals surface area contributed by atoms with E-state index in [2.05, 4.69) is 0 Å². The first-order valence-corrected chi connectivity index (χ1v) is 6.44. The number of carboxylic acid groups (broad SMARTS) is 1. The molecule has 17 heavy (non-hydrogen) atoms. The zero-order valence-corrected chi connectivity index (χ0v) is 10.7. The van der Waals surface area contributed by atoms with Gasteiger partial charge in [0.25, 0.3) is 0 Å². The highest BCUT2D eigenvalue weighted by Gasteiger charge is 2.25. The number of nitrogens with zero attached hydrogens (tertiary/aromatic N) is 1. The van der Waals surface area contributed by atoms with Crippen LogP contribution in [0.3, 0.4) is 0 Å². The van der Waals surface area contributed by atoms with Gasteiger partial charge in [0, 0.05) is 23.9 Å². The molecule has 0 saturated carbocycles. The van der Waals surface area contributed by atoms with Gasteiger partial charge in [0.1, 0.15) is 4.88 Å². The second-order valence-corrected chi connectivity index (χ2v) is 5.67. The highest BCUT2D eigenvalue weighted by molar-refractivity contribution is 7.14. The third-order valence-corrected chi connectivity index (χ3v) is 4.11. The molecule has 0 aromatic carbocycles. The lowest BCUT2D eigenvalue weighted by atomic mass is 10.1. The standard InChI is InChI=1S/C12H15NO3S/c1-7(2)11(14)13-4-3-9-8(6-13)5-10(17-9)12(15)16/h5,7H,3-4,6H2,1-2H3,(H,15,16). The third-order valence-electron chi connectivity index (χ3n) is 2.88. The van der Waals surface area contributed by atoms with Crippen molar-refractivity contribution in [2.45, 2.75) is 26.8 Å². The largest absolute Gasteiger partial charge is 0.477 e. The molecule has 2 heterocycles. The quantitative estimate of drug-likeness (QED) is 0.877. The van der Waals surface area contributed by atoms with Gasteiger partial charge in [-0.15, -0.1) is 11.3 Å². The second kappa shape index (κ2) is 4.49. The number of carbonyl (C=O) groups excluding carboxylic acids is 1. The lowest BCUT2D eigenvalue weighted by molar-refractivity contribution is -0.135. The first-order valence-electron chi connectivity index (χ1n) is 5.62. The highest BCUT2D eigenvalue weighted by Crippen LogP contribution is 2.28. The van der Waals surface area contributed by atoms with Crippen molar-refractivity contribution < 1.29 is 14.7 Å². The summed E-state index contributed by atoms with van der Waals surface area (Å²) < 4.78 is 0. The van der Waals surface area contributed by atoms with Crippen LogP contribution in [0.15, 0.2) is 6.07 Å². The summed E-state index contributed by atoms with van der Waals surface area (Å²) in [6.45, 7) is 5.02. The van der Waals surface area contributed by atoms with Gasteiger partial charge in [0.15, 0.2) is 0 Å². The molecule has 0 radical (unpaired) electrons. The van der Waals surface area contributed by atoms with Crippen LogP contribution >= 0.6 is 11.3 Å². The van der Waals surface area contributed by atoms with Gasteiger partial charge in [-0.05, 0) is 18.1 Å². The Labute approximate surface area is 104 Å². The fourth-order valence-corrected chi connectivity index (χ4v) is 2.99. The number of carboxylic acids is 1. The summed E-state index contributed by atoms with van der Waals surface area (Å²) in [7, 11) is 0. The van der Waals surface area contributed by atoms with E-state index in [1.807, 2.05) is 18.7 Å². The number of hydrogen-bond acceptors (Lipinski definition) is 3.